The van der Waals surface area contributed by atoms with E-state index in [9.17, 15) is 22.4 Å². The topological polar surface area (TPSA) is 58.1 Å². The van der Waals surface area contributed by atoms with E-state index in [0.29, 0.717) is 29.2 Å². The quantitative estimate of drug-likeness (QED) is 0.721. The Morgan fingerprint density at radius 1 is 1.22 bits per heavy atom. The normalized spacial score (nSPS) is 14.7. The maximum atomic E-state index is 14.0. The van der Waals surface area contributed by atoms with Gasteiger partial charge in [-0.2, -0.15) is 13.2 Å². The molecule has 1 aliphatic heterocycles. The Hall–Kier alpha value is -2.49. The molecule has 0 spiro atoms. The van der Waals surface area contributed by atoms with Gasteiger partial charge < -0.3 is 10.2 Å². The molecule has 5 nitrogen and oxygen atoms in total. The van der Waals surface area contributed by atoms with Crippen molar-refractivity contribution in [1.29, 1.82) is 0 Å². The van der Waals surface area contributed by atoms with Gasteiger partial charge in [0.1, 0.15) is 5.82 Å². The molecule has 2 aromatic rings. The van der Waals surface area contributed by atoms with Crippen LogP contribution in [0.3, 0.4) is 0 Å². The summed E-state index contributed by atoms with van der Waals surface area (Å²) in [5.41, 5.74) is -0.442. The maximum Gasteiger partial charge on any atom is 0.417 e. The third-order valence-corrected chi connectivity index (χ3v) is 4.35. The summed E-state index contributed by atoms with van der Waals surface area (Å²) in [6.45, 7) is 0.667. The number of hydrogen-bond donors (Lipinski definition) is 1. The van der Waals surface area contributed by atoms with Crippen LogP contribution in [0.1, 0.15) is 12.0 Å². The zero-order valence-electron chi connectivity index (χ0n) is 13.7. The Labute approximate surface area is 160 Å². The SMILES string of the molecule is O=C(Nc1ccc(C(F)(F)F)cn1)C1=CCN(c2ncc(Br)cc2F)CC1. The molecular weight excluding hydrogens is 432 g/mol. The van der Waals surface area contributed by atoms with Gasteiger partial charge in [0.15, 0.2) is 11.6 Å². The average molecular weight is 445 g/mol. The molecule has 0 bridgehead atoms. The number of carbonyl (C=O) groups excluding carboxylic acids is 1. The summed E-state index contributed by atoms with van der Waals surface area (Å²) in [6.07, 6.45) is -0.369. The van der Waals surface area contributed by atoms with E-state index in [-0.39, 0.29) is 18.2 Å². The molecule has 0 saturated carbocycles. The first-order valence-electron chi connectivity index (χ1n) is 7.83. The first-order chi connectivity index (χ1) is 12.7. The second-order valence-corrected chi connectivity index (χ2v) is 6.68. The van der Waals surface area contributed by atoms with E-state index in [0.717, 1.165) is 12.1 Å². The molecule has 0 radical (unpaired) electrons. The number of pyridine rings is 2. The number of anilines is 2. The molecule has 0 saturated heterocycles. The molecule has 10 heteroatoms. The van der Waals surface area contributed by atoms with Crippen molar-refractivity contribution in [2.75, 3.05) is 23.3 Å². The van der Waals surface area contributed by atoms with Crippen molar-refractivity contribution < 1.29 is 22.4 Å². The molecule has 1 N–H and O–H groups in total. The van der Waals surface area contributed by atoms with E-state index >= 15 is 0 Å². The summed E-state index contributed by atoms with van der Waals surface area (Å²) in [5.74, 6) is -0.707. The van der Waals surface area contributed by atoms with Gasteiger partial charge in [0, 0.05) is 35.5 Å². The van der Waals surface area contributed by atoms with Crippen LogP contribution in [0.4, 0.5) is 29.2 Å². The van der Waals surface area contributed by atoms with Crippen molar-refractivity contribution in [2.24, 2.45) is 0 Å². The van der Waals surface area contributed by atoms with Crippen LogP contribution in [0.15, 0.2) is 46.7 Å². The molecule has 0 unspecified atom stereocenters. The third kappa shape index (κ3) is 4.62. The van der Waals surface area contributed by atoms with Crippen molar-refractivity contribution in [2.45, 2.75) is 12.6 Å². The molecule has 142 valence electrons. The van der Waals surface area contributed by atoms with Gasteiger partial charge in [0.2, 0.25) is 0 Å². The molecule has 3 rings (SSSR count). The molecule has 3 heterocycles. The van der Waals surface area contributed by atoms with Gasteiger partial charge >= 0.3 is 6.18 Å². The van der Waals surface area contributed by atoms with Gasteiger partial charge in [0.25, 0.3) is 5.91 Å². The highest BCUT2D eigenvalue weighted by molar-refractivity contribution is 9.10. The fourth-order valence-electron chi connectivity index (χ4n) is 2.54. The highest BCUT2D eigenvalue weighted by Gasteiger charge is 2.30. The second-order valence-electron chi connectivity index (χ2n) is 5.77. The average Bonchev–Trinajstić information content (AvgIpc) is 2.61. The van der Waals surface area contributed by atoms with Crippen LogP contribution in [0.5, 0.6) is 0 Å². The number of hydrogen-bond acceptors (Lipinski definition) is 4. The highest BCUT2D eigenvalue weighted by atomic mass is 79.9. The smallest absolute Gasteiger partial charge is 0.350 e. The minimum atomic E-state index is -4.48. The predicted octanol–water partition coefficient (Wildman–Crippen LogP) is 4.17. The summed E-state index contributed by atoms with van der Waals surface area (Å²) >= 11 is 3.14. The Morgan fingerprint density at radius 2 is 2.00 bits per heavy atom. The number of aromatic nitrogens is 2. The van der Waals surface area contributed by atoms with Gasteiger partial charge in [-0.3, -0.25) is 4.79 Å². The van der Waals surface area contributed by atoms with Gasteiger partial charge in [-0.15, -0.1) is 0 Å². The lowest BCUT2D eigenvalue weighted by atomic mass is 10.1. The van der Waals surface area contributed by atoms with E-state index in [1.807, 2.05) is 0 Å². The molecule has 0 aromatic carbocycles. The first-order valence-corrected chi connectivity index (χ1v) is 8.63. The van der Waals surface area contributed by atoms with E-state index < -0.39 is 23.5 Å². The summed E-state index contributed by atoms with van der Waals surface area (Å²) in [5, 5.41) is 2.46. The van der Waals surface area contributed by atoms with Crippen LogP contribution in [-0.2, 0) is 11.0 Å². The van der Waals surface area contributed by atoms with E-state index in [1.54, 1.807) is 11.0 Å². The van der Waals surface area contributed by atoms with Crippen LogP contribution < -0.4 is 10.2 Å². The number of amides is 1. The number of carbonyl (C=O) groups is 1. The molecule has 0 fully saturated rings. The number of alkyl halides is 3. The summed E-state index contributed by atoms with van der Waals surface area (Å²) in [6, 6.07) is 3.25. The van der Waals surface area contributed by atoms with Gasteiger partial charge in [0.05, 0.1) is 5.56 Å². The van der Waals surface area contributed by atoms with Crippen molar-refractivity contribution in [1.82, 2.24) is 9.97 Å². The maximum absolute atomic E-state index is 14.0. The lowest BCUT2D eigenvalue weighted by molar-refractivity contribution is -0.137. The lowest BCUT2D eigenvalue weighted by Gasteiger charge is -2.27. The Morgan fingerprint density at radius 3 is 2.56 bits per heavy atom. The predicted molar refractivity (Wildman–Crippen MR) is 94.7 cm³/mol. The molecule has 2 aromatic heterocycles. The lowest BCUT2D eigenvalue weighted by Crippen LogP contribution is -2.32. The summed E-state index contributed by atoms with van der Waals surface area (Å²) in [4.78, 5) is 21.6. The number of halogens is 5. The number of rotatable bonds is 3. The minimum absolute atomic E-state index is 0.0250. The fraction of sp³-hybridized carbons (Fsp3) is 0.235. The van der Waals surface area contributed by atoms with Gasteiger partial charge in [-0.1, -0.05) is 6.08 Å². The molecule has 1 amide bonds. The fourth-order valence-corrected chi connectivity index (χ4v) is 2.84. The van der Waals surface area contributed by atoms with Gasteiger partial charge in [-0.25, -0.2) is 14.4 Å². The van der Waals surface area contributed by atoms with Crippen molar-refractivity contribution >= 4 is 33.5 Å². The van der Waals surface area contributed by atoms with Crippen LogP contribution in [0.25, 0.3) is 0 Å². The van der Waals surface area contributed by atoms with Crippen molar-refractivity contribution in [3.63, 3.8) is 0 Å². The largest absolute Gasteiger partial charge is 0.417 e. The first kappa shape index (κ1) is 19.3. The summed E-state index contributed by atoms with van der Waals surface area (Å²) < 4.78 is 52.1. The Bertz CT molecular complexity index is 883. The van der Waals surface area contributed by atoms with E-state index in [1.165, 1.54) is 12.3 Å². The minimum Gasteiger partial charge on any atom is -0.350 e. The number of nitrogens with one attached hydrogen (secondary N) is 1. The second kappa shape index (κ2) is 7.63. The zero-order valence-corrected chi connectivity index (χ0v) is 15.3. The van der Waals surface area contributed by atoms with E-state index in [4.69, 9.17) is 0 Å². The molecular formula is C17H13BrF4N4O. The molecule has 27 heavy (non-hydrogen) atoms. The highest BCUT2D eigenvalue weighted by Crippen LogP contribution is 2.29. The van der Waals surface area contributed by atoms with Crippen molar-refractivity contribution in [3.05, 3.63) is 58.1 Å². The zero-order chi connectivity index (χ0) is 19.6. The number of nitrogens with zero attached hydrogens (tertiary/aromatic N) is 3. The standard InChI is InChI=1S/C17H13BrF4N4O/c18-12-7-13(19)15(24-9-12)26-5-3-10(4-6-26)16(27)25-14-2-1-11(8-23-14)17(20,21)22/h1-3,7-9H,4-6H2,(H,23,25,27). The summed E-state index contributed by atoms with van der Waals surface area (Å²) in [7, 11) is 0. The Kier molecular flexibility index (Phi) is 5.45. The van der Waals surface area contributed by atoms with Gasteiger partial charge in [-0.05, 0) is 40.5 Å². The van der Waals surface area contributed by atoms with Crippen LogP contribution in [-0.4, -0.2) is 29.0 Å². The molecule has 0 atom stereocenters. The van der Waals surface area contributed by atoms with Crippen LogP contribution in [0.2, 0.25) is 0 Å². The Balaban J connectivity index is 1.64. The monoisotopic (exact) mass is 444 g/mol. The van der Waals surface area contributed by atoms with E-state index in [2.05, 4.69) is 31.2 Å². The molecule has 1 aliphatic rings. The third-order valence-electron chi connectivity index (χ3n) is 3.92. The van der Waals surface area contributed by atoms with Crippen LogP contribution >= 0.6 is 15.9 Å². The van der Waals surface area contributed by atoms with Crippen LogP contribution in [0, 0.1) is 5.82 Å². The van der Waals surface area contributed by atoms with Crippen molar-refractivity contribution in [3.8, 4) is 0 Å². The molecule has 0 aliphatic carbocycles.